The van der Waals surface area contributed by atoms with Crippen LogP contribution in [0.5, 0.6) is 0 Å². The van der Waals surface area contributed by atoms with Gasteiger partial charge in [0, 0.05) is 7.11 Å². The van der Waals surface area contributed by atoms with E-state index in [4.69, 9.17) is 4.74 Å². The molecule has 0 fully saturated rings. The van der Waals surface area contributed by atoms with Gasteiger partial charge in [-0.25, -0.2) is 0 Å². The number of rotatable bonds is 5. The minimum absolute atomic E-state index is 0.322. The summed E-state index contributed by atoms with van der Waals surface area (Å²) in [7, 11) is 1.80. The smallest absolute Gasteiger partial charge is 0.118 e. The maximum Gasteiger partial charge on any atom is 0.118 e. The lowest BCUT2D eigenvalue weighted by Gasteiger charge is -2.33. The fourth-order valence-corrected chi connectivity index (χ4v) is 2.56. The van der Waals surface area contributed by atoms with Crippen LogP contribution in [-0.2, 0) is 10.3 Å². The average Bonchev–Trinajstić information content (AvgIpc) is 2.47. The first kappa shape index (κ1) is 12.8. The highest BCUT2D eigenvalue weighted by Crippen LogP contribution is 2.37. The lowest BCUT2D eigenvalue weighted by atomic mass is 9.82. The molecule has 18 heavy (non-hydrogen) atoms. The van der Waals surface area contributed by atoms with Crippen molar-refractivity contribution in [2.45, 2.75) is 25.4 Å². The summed E-state index contributed by atoms with van der Waals surface area (Å²) >= 11 is 0. The minimum Gasteiger partial charge on any atom is -0.369 e. The second-order valence-electron chi connectivity index (χ2n) is 4.51. The SMILES string of the molecule is CCCC(OC)(c1ccccc1)c1ccccc1. The summed E-state index contributed by atoms with van der Waals surface area (Å²) in [5.41, 5.74) is 2.12. The third kappa shape index (κ3) is 2.32. The van der Waals surface area contributed by atoms with Crippen LogP contribution in [0.1, 0.15) is 30.9 Å². The highest BCUT2D eigenvalue weighted by atomic mass is 16.5. The molecular weight excluding hydrogens is 220 g/mol. The standard InChI is InChI=1S/C17H20O/c1-3-14-17(18-2,15-10-6-4-7-11-15)16-12-8-5-9-13-16/h4-13H,3,14H2,1-2H3. The maximum atomic E-state index is 5.95. The Labute approximate surface area is 109 Å². The van der Waals surface area contributed by atoms with E-state index >= 15 is 0 Å². The van der Waals surface area contributed by atoms with E-state index in [2.05, 4.69) is 55.5 Å². The molecule has 0 atom stereocenters. The van der Waals surface area contributed by atoms with Crippen molar-refractivity contribution in [1.82, 2.24) is 0 Å². The van der Waals surface area contributed by atoms with Gasteiger partial charge >= 0.3 is 0 Å². The Morgan fingerprint density at radius 3 is 1.61 bits per heavy atom. The molecule has 0 aliphatic carbocycles. The van der Waals surface area contributed by atoms with Crippen molar-refractivity contribution in [3.8, 4) is 0 Å². The van der Waals surface area contributed by atoms with Gasteiger partial charge in [0.1, 0.15) is 5.60 Å². The molecular formula is C17H20O. The highest BCUT2D eigenvalue weighted by Gasteiger charge is 2.32. The monoisotopic (exact) mass is 240 g/mol. The summed E-state index contributed by atoms with van der Waals surface area (Å²) in [5, 5.41) is 0. The van der Waals surface area contributed by atoms with Crippen LogP contribution in [0.2, 0.25) is 0 Å². The molecule has 0 radical (unpaired) electrons. The number of ether oxygens (including phenoxy) is 1. The largest absolute Gasteiger partial charge is 0.369 e. The van der Waals surface area contributed by atoms with Crippen LogP contribution >= 0.6 is 0 Å². The van der Waals surface area contributed by atoms with Gasteiger partial charge in [-0.15, -0.1) is 0 Å². The molecule has 0 aliphatic rings. The molecule has 0 N–H and O–H groups in total. The van der Waals surface area contributed by atoms with Crippen molar-refractivity contribution in [2.75, 3.05) is 7.11 Å². The molecule has 0 saturated carbocycles. The van der Waals surface area contributed by atoms with Crippen molar-refractivity contribution < 1.29 is 4.74 Å². The number of hydrogen-bond acceptors (Lipinski definition) is 1. The van der Waals surface area contributed by atoms with Crippen LogP contribution in [0.25, 0.3) is 0 Å². The van der Waals surface area contributed by atoms with E-state index in [-0.39, 0.29) is 5.60 Å². The fourth-order valence-electron chi connectivity index (χ4n) is 2.56. The van der Waals surface area contributed by atoms with Crippen LogP contribution in [0.4, 0.5) is 0 Å². The molecule has 2 rings (SSSR count). The quantitative estimate of drug-likeness (QED) is 0.753. The second-order valence-corrected chi connectivity index (χ2v) is 4.51. The van der Waals surface area contributed by atoms with Gasteiger partial charge < -0.3 is 4.74 Å². The van der Waals surface area contributed by atoms with E-state index in [9.17, 15) is 0 Å². The lowest BCUT2D eigenvalue weighted by Crippen LogP contribution is -2.29. The van der Waals surface area contributed by atoms with Gasteiger partial charge in [-0.3, -0.25) is 0 Å². The van der Waals surface area contributed by atoms with Gasteiger partial charge in [0.15, 0.2) is 0 Å². The van der Waals surface area contributed by atoms with Crippen molar-refractivity contribution in [1.29, 1.82) is 0 Å². The summed E-state index contributed by atoms with van der Waals surface area (Å²) in [6, 6.07) is 20.9. The summed E-state index contributed by atoms with van der Waals surface area (Å²) in [6.45, 7) is 2.19. The molecule has 0 aromatic heterocycles. The summed E-state index contributed by atoms with van der Waals surface area (Å²) in [5.74, 6) is 0. The second kappa shape index (κ2) is 5.83. The van der Waals surface area contributed by atoms with Crippen molar-refractivity contribution in [3.05, 3.63) is 71.8 Å². The molecule has 0 bridgehead atoms. The average molecular weight is 240 g/mol. The molecule has 1 heteroatoms. The molecule has 0 aliphatic heterocycles. The van der Waals surface area contributed by atoms with Crippen LogP contribution in [0.3, 0.4) is 0 Å². The molecule has 94 valence electrons. The van der Waals surface area contributed by atoms with E-state index in [1.54, 1.807) is 7.11 Å². The van der Waals surface area contributed by atoms with Gasteiger partial charge in [0.05, 0.1) is 0 Å². The molecule has 0 amide bonds. The third-order valence-electron chi connectivity index (χ3n) is 3.43. The number of methoxy groups -OCH3 is 1. The van der Waals surface area contributed by atoms with Gasteiger partial charge in [0.25, 0.3) is 0 Å². The Hall–Kier alpha value is -1.60. The first-order valence-corrected chi connectivity index (χ1v) is 6.49. The van der Waals surface area contributed by atoms with Crippen molar-refractivity contribution >= 4 is 0 Å². The summed E-state index contributed by atoms with van der Waals surface area (Å²) in [4.78, 5) is 0. The molecule has 2 aromatic rings. The van der Waals surface area contributed by atoms with E-state index in [0.29, 0.717) is 0 Å². The molecule has 0 saturated heterocycles. The zero-order chi connectivity index (χ0) is 12.8. The van der Waals surface area contributed by atoms with E-state index < -0.39 is 0 Å². The molecule has 0 heterocycles. The Balaban J connectivity index is 2.53. The Morgan fingerprint density at radius 1 is 0.833 bits per heavy atom. The molecule has 2 aromatic carbocycles. The summed E-state index contributed by atoms with van der Waals surface area (Å²) in [6.07, 6.45) is 2.06. The number of hydrogen-bond donors (Lipinski definition) is 0. The highest BCUT2D eigenvalue weighted by molar-refractivity contribution is 5.36. The maximum absolute atomic E-state index is 5.95. The molecule has 1 nitrogen and oxygen atoms in total. The Morgan fingerprint density at radius 2 is 1.28 bits per heavy atom. The van der Waals surface area contributed by atoms with Crippen LogP contribution in [0, 0.1) is 0 Å². The van der Waals surface area contributed by atoms with Crippen LogP contribution in [-0.4, -0.2) is 7.11 Å². The van der Waals surface area contributed by atoms with E-state index in [1.807, 2.05) is 12.1 Å². The Bertz CT molecular complexity index is 422. The lowest BCUT2D eigenvalue weighted by molar-refractivity contribution is 0.0138. The van der Waals surface area contributed by atoms with Crippen LogP contribution in [0.15, 0.2) is 60.7 Å². The predicted octanol–water partition coefficient (Wildman–Crippen LogP) is 4.38. The molecule has 0 spiro atoms. The topological polar surface area (TPSA) is 9.23 Å². The fraction of sp³-hybridized carbons (Fsp3) is 0.294. The molecule has 0 unspecified atom stereocenters. The Kier molecular flexibility index (Phi) is 4.16. The first-order chi connectivity index (χ1) is 8.83. The number of benzene rings is 2. The minimum atomic E-state index is -0.322. The van der Waals surface area contributed by atoms with Crippen molar-refractivity contribution in [2.24, 2.45) is 0 Å². The zero-order valence-corrected chi connectivity index (χ0v) is 11.1. The van der Waals surface area contributed by atoms with E-state index in [1.165, 1.54) is 11.1 Å². The normalized spacial score (nSPS) is 11.4. The zero-order valence-electron chi connectivity index (χ0n) is 11.1. The first-order valence-electron chi connectivity index (χ1n) is 6.49. The van der Waals surface area contributed by atoms with Crippen LogP contribution < -0.4 is 0 Å². The summed E-state index contributed by atoms with van der Waals surface area (Å²) < 4.78 is 5.95. The van der Waals surface area contributed by atoms with Crippen molar-refractivity contribution in [3.63, 3.8) is 0 Å². The van der Waals surface area contributed by atoms with Gasteiger partial charge in [0.2, 0.25) is 0 Å². The van der Waals surface area contributed by atoms with Gasteiger partial charge in [-0.2, -0.15) is 0 Å². The third-order valence-corrected chi connectivity index (χ3v) is 3.43. The van der Waals surface area contributed by atoms with E-state index in [0.717, 1.165) is 12.8 Å². The predicted molar refractivity (Wildman–Crippen MR) is 75.6 cm³/mol. The van der Waals surface area contributed by atoms with Gasteiger partial charge in [-0.1, -0.05) is 74.0 Å². The van der Waals surface area contributed by atoms with Gasteiger partial charge in [-0.05, 0) is 17.5 Å².